The number of nitrogens with zero attached hydrogens (tertiary/aromatic N) is 2. The zero-order valence-corrected chi connectivity index (χ0v) is 26.4. The Morgan fingerprint density at radius 2 is 1.33 bits per heavy atom. The third-order valence-corrected chi connectivity index (χ3v) is 7.02. The van der Waals surface area contributed by atoms with Gasteiger partial charge in [-0.2, -0.15) is 0 Å². The molecule has 0 saturated heterocycles. The average Bonchev–Trinajstić information content (AvgIpc) is 3.00. The molecule has 1 heterocycles. The van der Waals surface area contributed by atoms with Crippen molar-refractivity contribution in [3.63, 3.8) is 0 Å². The number of thiocarbonyl (C=S) groups is 1. The molecule has 13 nitrogen and oxygen atoms in total. The van der Waals surface area contributed by atoms with E-state index in [1.165, 1.54) is 0 Å². The number of urea groups is 1. The minimum absolute atomic E-state index is 0.118. The molecule has 7 N–H and O–H groups in total. The van der Waals surface area contributed by atoms with Crippen molar-refractivity contribution in [3.8, 4) is 0 Å². The second-order valence-electron chi connectivity index (χ2n) is 10.6. The smallest absolute Gasteiger partial charge is 0.326 e. The van der Waals surface area contributed by atoms with Crippen molar-refractivity contribution in [1.82, 2.24) is 21.3 Å². The van der Waals surface area contributed by atoms with Gasteiger partial charge in [0.2, 0.25) is 0 Å². The van der Waals surface area contributed by atoms with E-state index in [1.807, 2.05) is 26.5 Å². The molecule has 0 aliphatic heterocycles. The summed E-state index contributed by atoms with van der Waals surface area (Å²) in [6, 6.07) is 8.83. The van der Waals surface area contributed by atoms with E-state index in [0.717, 1.165) is 29.8 Å². The number of hydrogen-bond donors (Lipinski definition) is 7. The third kappa shape index (κ3) is 15.0. The van der Waals surface area contributed by atoms with Crippen LogP contribution >= 0.6 is 12.2 Å². The maximum Gasteiger partial charge on any atom is 0.326 e. The van der Waals surface area contributed by atoms with E-state index in [-0.39, 0.29) is 12.8 Å². The number of aryl methyl sites for hydroxylation is 1. The quantitative estimate of drug-likeness (QED) is 0.0677. The van der Waals surface area contributed by atoms with Gasteiger partial charge in [0.15, 0.2) is 17.5 Å². The lowest BCUT2D eigenvalue weighted by Gasteiger charge is -2.18. The summed E-state index contributed by atoms with van der Waals surface area (Å²) < 4.78 is 2.10. The van der Waals surface area contributed by atoms with Crippen molar-refractivity contribution in [2.24, 2.45) is 0 Å². The minimum Gasteiger partial charge on any atom is -0.481 e. The molecule has 45 heavy (non-hydrogen) atoms. The molecule has 244 valence electrons. The van der Waals surface area contributed by atoms with Crippen LogP contribution in [0.4, 0.5) is 10.5 Å². The second-order valence-corrected chi connectivity index (χ2v) is 11.0. The molecule has 0 spiro atoms. The molecule has 0 unspecified atom stereocenters. The van der Waals surface area contributed by atoms with Crippen LogP contribution in [0.25, 0.3) is 12.2 Å². The lowest BCUT2D eigenvalue weighted by Crippen LogP contribution is -2.51. The summed E-state index contributed by atoms with van der Waals surface area (Å²) in [7, 11) is 4.03. The summed E-state index contributed by atoms with van der Waals surface area (Å²) in [6.45, 7) is 1.99. The number of aromatic nitrogens is 1. The van der Waals surface area contributed by atoms with Gasteiger partial charge in [-0.25, -0.2) is 19.0 Å². The Hall–Kier alpha value is -4.72. The zero-order valence-electron chi connectivity index (χ0n) is 25.6. The highest BCUT2D eigenvalue weighted by molar-refractivity contribution is 7.80. The Morgan fingerprint density at radius 1 is 0.800 bits per heavy atom. The van der Waals surface area contributed by atoms with E-state index >= 15 is 0 Å². The number of unbranched alkanes of at least 4 members (excludes halogenated alkanes) is 1. The molecule has 1 aromatic carbocycles. The van der Waals surface area contributed by atoms with E-state index in [2.05, 4.69) is 79.3 Å². The van der Waals surface area contributed by atoms with Crippen LogP contribution in [0.1, 0.15) is 49.7 Å². The summed E-state index contributed by atoms with van der Waals surface area (Å²) in [4.78, 5) is 47.6. The number of benzene rings is 1. The van der Waals surface area contributed by atoms with Crippen molar-refractivity contribution < 1.29 is 39.1 Å². The number of nitrogens with one attached hydrogen (secondary N) is 4. The van der Waals surface area contributed by atoms with E-state index in [1.54, 1.807) is 0 Å². The van der Waals surface area contributed by atoms with Crippen LogP contribution < -0.4 is 30.7 Å². The van der Waals surface area contributed by atoms with Crippen LogP contribution in [-0.2, 0) is 20.9 Å². The number of pyridine rings is 1. The number of anilines is 1. The highest BCUT2D eigenvalue weighted by Gasteiger charge is 2.24. The predicted octanol–water partition coefficient (Wildman–Crippen LogP) is 2.31. The zero-order chi connectivity index (χ0) is 33.2. The standard InChI is InChI=1S/C31H42N6O7S/c1-36(2)24-11-9-22(10-12-24)7-8-23-15-20-37(21-16-23)19-5-18-33-31(45)32-17-4-3-6-25(28(40)41)34-30(44)35-26(29(42)43)13-14-27(38)39/h7-12,15-16,20-21,25-26H,3-6,13-14,17-19H2,1-2H3,(H6-,32,33,34,35,38,39,40,41,42,43,44,45)/p+1/t25-,26+/m0/s1. The van der Waals surface area contributed by atoms with E-state index < -0.39 is 42.4 Å². The van der Waals surface area contributed by atoms with Crippen molar-refractivity contribution in [2.45, 2.75) is 57.2 Å². The third-order valence-electron chi connectivity index (χ3n) is 6.73. The molecule has 14 heteroatoms. The first kappa shape index (κ1) is 36.5. The van der Waals surface area contributed by atoms with Crippen LogP contribution in [0, 0.1) is 0 Å². The molecule has 0 bridgehead atoms. The Labute approximate surface area is 268 Å². The molecule has 2 rings (SSSR count). The largest absolute Gasteiger partial charge is 0.481 e. The molecular formula is C31H43N6O7S+. The van der Waals surface area contributed by atoms with Crippen molar-refractivity contribution in [1.29, 1.82) is 0 Å². The molecule has 0 aliphatic carbocycles. The number of rotatable bonds is 19. The fourth-order valence-corrected chi connectivity index (χ4v) is 4.35. The molecule has 0 aliphatic rings. The number of carbonyl (C=O) groups is 4. The van der Waals surface area contributed by atoms with Gasteiger partial charge < -0.3 is 41.5 Å². The molecule has 2 atom stereocenters. The minimum atomic E-state index is -1.45. The number of carbonyl (C=O) groups excluding carboxylic acids is 1. The van der Waals surface area contributed by atoms with Crippen molar-refractivity contribution >= 4 is 59.1 Å². The first-order valence-electron chi connectivity index (χ1n) is 14.7. The second kappa shape index (κ2) is 19.5. The van der Waals surface area contributed by atoms with Gasteiger partial charge in [-0.1, -0.05) is 24.3 Å². The number of carboxylic acid groups (broad SMARTS) is 3. The number of aliphatic carboxylic acids is 3. The molecule has 2 amide bonds. The highest BCUT2D eigenvalue weighted by Crippen LogP contribution is 2.14. The Balaban J connectivity index is 1.61. The van der Waals surface area contributed by atoms with Crippen LogP contribution in [0.5, 0.6) is 0 Å². The fraction of sp³-hybridized carbons (Fsp3) is 0.419. The summed E-state index contributed by atoms with van der Waals surface area (Å²) >= 11 is 5.31. The maximum atomic E-state index is 12.1. The van der Waals surface area contributed by atoms with Gasteiger partial charge in [-0.3, -0.25) is 4.79 Å². The maximum absolute atomic E-state index is 12.1. The first-order valence-corrected chi connectivity index (χ1v) is 15.1. The summed E-state index contributed by atoms with van der Waals surface area (Å²) in [5, 5.41) is 38.3. The van der Waals surface area contributed by atoms with Crippen LogP contribution in [0.2, 0.25) is 0 Å². The topological polar surface area (TPSA) is 184 Å². The van der Waals surface area contributed by atoms with E-state index in [0.29, 0.717) is 31.0 Å². The lowest BCUT2D eigenvalue weighted by molar-refractivity contribution is -0.697. The number of amides is 2. The molecule has 0 fully saturated rings. The van der Waals surface area contributed by atoms with Crippen LogP contribution in [0.3, 0.4) is 0 Å². The highest BCUT2D eigenvalue weighted by atomic mass is 32.1. The summed E-state index contributed by atoms with van der Waals surface area (Å²) in [5.41, 5.74) is 3.41. The Bertz CT molecular complexity index is 1300. The molecule has 0 saturated carbocycles. The monoisotopic (exact) mass is 643 g/mol. The van der Waals surface area contributed by atoms with Gasteiger partial charge in [0, 0.05) is 57.8 Å². The normalized spacial score (nSPS) is 12.1. The molecule has 1 aromatic heterocycles. The van der Waals surface area contributed by atoms with Crippen LogP contribution in [0.15, 0.2) is 48.8 Å². The number of hydrogen-bond acceptors (Lipinski definition) is 6. The van der Waals surface area contributed by atoms with Gasteiger partial charge >= 0.3 is 23.9 Å². The first-order chi connectivity index (χ1) is 21.4. The van der Waals surface area contributed by atoms with Crippen LogP contribution in [-0.4, -0.2) is 83.6 Å². The predicted molar refractivity (Wildman–Crippen MR) is 175 cm³/mol. The van der Waals surface area contributed by atoms with E-state index in [4.69, 9.17) is 22.4 Å². The van der Waals surface area contributed by atoms with Gasteiger partial charge in [0.1, 0.15) is 18.6 Å². The van der Waals surface area contributed by atoms with Crippen molar-refractivity contribution in [2.75, 3.05) is 32.1 Å². The van der Waals surface area contributed by atoms with Gasteiger partial charge in [-0.15, -0.1) is 0 Å². The summed E-state index contributed by atoms with van der Waals surface area (Å²) in [5.74, 6) is -3.88. The van der Waals surface area contributed by atoms with Gasteiger partial charge in [0.05, 0.1) is 0 Å². The average molecular weight is 644 g/mol. The molecule has 2 aromatic rings. The van der Waals surface area contributed by atoms with Crippen molar-refractivity contribution in [3.05, 3.63) is 59.9 Å². The Kier molecular flexibility index (Phi) is 15.8. The summed E-state index contributed by atoms with van der Waals surface area (Å²) in [6.07, 6.45) is 9.48. The Morgan fingerprint density at radius 3 is 1.87 bits per heavy atom. The lowest BCUT2D eigenvalue weighted by atomic mass is 10.1. The van der Waals surface area contributed by atoms with E-state index in [9.17, 15) is 24.3 Å². The SMILES string of the molecule is CN(C)c1ccc(/C=C/c2cc[n+](CCCNC(=S)NCCCC[C@H](NC(=O)N[C@H](CCC(=O)O)C(=O)O)C(=O)O)cc2)cc1. The number of carboxylic acids is 3. The molecule has 0 radical (unpaired) electrons. The van der Waals surface area contributed by atoms with Gasteiger partial charge in [-0.05, 0) is 61.2 Å². The fourth-order valence-electron chi connectivity index (χ4n) is 4.15. The van der Waals surface area contributed by atoms with Gasteiger partial charge in [0.25, 0.3) is 0 Å². The molecular weight excluding hydrogens is 600 g/mol.